The maximum absolute atomic E-state index is 10.9. The van der Waals surface area contributed by atoms with Crippen LogP contribution in [0.5, 0.6) is 0 Å². The molecule has 1 aliphatic rings. The Bertz CT molecular complexity index is 194. The molecule has 0 aliphatic heterocycles. The molecule has 2 nitrogen and oxygen atoms in total. The molecular weight excluding hydrogens is 323 g/mol. The summed E-state index contributed by atoms with van der Waals surface area (Å²) in [7, 11) is 1.36. The van der Waals surface area contributed by atoms with Crippen LogP contribution in [0.4, 0.5) is 0 Å². The number of carbonyl (C=O) groups is 1. The van der Waals surface area contributed by atoms with Gasteiger partial charge < -0.3 is 11.7 Å². The molecule has 0 radical (unpaired) electrons. The van der Waals surface area contributed by atoms with E-state index in [-0.39, 0.29) is 27.0 Å². The molecule has 0 bridgehead atoms. The molecule has 0 aromatic carbocycles. The second-order valence-electron chi connectivity index (χ2n) is 2.25. The van der Waals surface area contributed by atoms with Crippen molar-refractivity contribution in [2.45, 2.75) is 0 Å². The monoisotopic (exact) mass is 332 g/mol. The Morgan fingerprint density at radius 1 is 1.45 bits per heavy atom. The summed E-state index contributed by atoms with van der Waals surface area (Å²) in [4.78, 5) is 10.9. The standard InChI is InChI=1S/C8H9O2.Pt/c1-8(7(9)10-2)5-3-4-6-8;/h3-6H,1H2,2H3;/q-1;+4. The smallest absolute Gasteiger partial charge is 0.470 e. The van der Waals surface area contributed by atoms with Crippen molar-refractivity contribution in [2.75, 3.05) is 7.11 Å². The zero-order valence-corrected chi connectivity index (χ0v) is 8.42. The second-order valence-corrected chi connectivity index (χ2v) is 2.25. The van der Waals surface area contributed by atoms with Crippen LogP contribution in [0.25, 0.3) is 0 Å². The number of hydrogen-bond donors (Lipinski definition) is 0. The average molecular weight is 332 g/mol. The minimum absolute atomic E-state index is 0. The Morgan fingerprint density at radius 2 is 1.91 bits per heavy atom. The van der Waals surface area contributed by atoms with Crippen molar-refractivity contribution in [1.29, 1.82) is 0 Å². The molecule has 3 heteroatoms. The van der Waals surface area contributed by atoms with Crippen LogP contribution in [0.2, 0.25) is 0 Å². The van der Waals surface area contributed by atoms with Gasteiger partial charge in [0, 0.05) is 0 Å². The van der Waals surface area contributed by atoms with Gasteiger partial charge in [0.15, 0.2) is 0 Å². The Morgan fingerprint density at radius 3 is 2.27 bits per heavy atom. The fourth-order valence-electron chi connectivity index (χ4n) is 0.836. The van der Waals surface area contributed by atoms with Crippen LogP contribution in [-0.2, 0) is 30.6 Å². The first kappa shape index (κ1) is 10.6. The molecule has 60 valence electrons. The van der Waals surface area contributed by atoms with Crippen molar-refractivity contribution >= 4 is 5.97 Å². The SMILES string of the molecule is [CH2-]C1(C(=O)OC)C=CC=C1.[Pt+4]. The summed E-state index contributed by atoms with van der Waals surface area (Å²) in [6, 6.07) is 0. The molecule has 0 heterocycles. The molecule has 0 atom stereocenters. The minimum Gasteiger partial charge on any atom is -0.470 e. The van der Waals surface area contributed by atoms with Crippen LogP contribution >= 0.6 is 0 Å². The minimum atomic E-state index is -0.769. The Hall–Kier alpha value is -0.362. The first-order valence-electron chi connectivity index (χ1n) is 3.00. The molecule has 0 saturated carbocycles. The third-order valence-electron chi connectivity index (χ3n) is 1.46. The molecule has 1 rings (SSSR count). The van der Waals surface area contributed by atoms with Gasteiger partial charge in [-0.1, -0.05) is 24.3 Å². The van der Waals surface area contributed by atoms with E-state index in [1.807, 2.05) is 0 Å². The Labute approximate surface area is 80.6 Å². The van der Waals surface area contributed by atoms with Gasteiger partial charge in [0.1, 0.15) is 0 Å². The molecule has 0 aromatic heterocycles. The normalized spacial score (nSPS) is 17.6. The molecule has 0 saturated heterocycles. The Kier molecular flexibility index (Phi) is 3.74. The maximum atomic E-state index is 10.9. The summed E-state index contributed by atoms with van der Waals surface area (Å²) in [6.45, 7) is 3.69. The number of rotatable bonds is 1. The average Bonchev–Trinajstić information content (AvgIpc) is 2.36. The summed E-state index contributed by atoms with van der Waals surface area (Å²) in [5, 5.41) is 0. The largest absolute Gasteiger partial charge is 4.00 e. The molecule has 1 aliphatic carbocycles. The van der Waals surface area contributed by atoms with Crippen molar-refractivity contribution in [1.82, 2.24) is 0 Å². The molecule has 0 fully saturated rings. The molecule has 0 unspecified atom stereocenters. The number of allylic oxidation sites excluding steroid dienone is 2. The van der Waals surface area contributed by atoms with E-state index in [1.165, 1.54) is 7.11 Å². The van der Waals surface area contributed by atoms with Gasteiger partial charge in [-0.3, -0.25) is 4.79 Å². The van der Waals surface area contributed by atoms with E-state index >= 15 is 0 Å². The zero-order valence-electron chi connectivity index (χ0n) is 6.15. The topological polar surface area (TPSA) is 26.3 Å². The fourth-order valence-corrected chi connectivity index (χ4v) is 0.836. The van der Waals surface area contributed by atoms with Crippen LogP contribution in [0.15, 0.2) is 24.3 Å². The molecule has 0 spiro atoms. The second kappa shape index (κ2) is 3.87. The maximum Gasteiger partial charge on any atom is 4.00 e. The first-order valence-corrected chi connectivity index (χ1v) is 3.00. The third-order valence-corrected chi connectivity index (χ3v) is 1.46. The van der Waals surface area contributed by atoms with Gasteiger partial charge in [-0.15, -0.1) is 0 Å². The van der Waals surface area contributed by atoms with E-state index in [1.54, 1.807) is 24.3 Å². The zero-order chi connectivity index (χ0) is 7.61. The quantitative estimate of drug-likeness (QED) is 0.531. The van der Waals surface area contributed by atoms with Crippen LogP contribution in [0, 0.1) is 12.3 Å². The summed E-state index contributed by atoms with van der Waals surface area (Å²) in [6.07, 6.45) is 6.98. The van der Waals surface area contributed by atoms with E-state index in [4.69, 9.17) is 0 Å². The first-order chi connectivity index (χ1) is 4.69. The van der Waals surface area contributed by atoms with Gasteiger partial charge in [-0.25, -0.2) is 0 Å². The van der Waals surface area contributed by atoms with Crippen LogP contribution in [-0.4, -0.2) is 13.1 Å². The molecular formula is C8H9O2Pt+3. The van der Waals surface area contributed by atoms with Crippen molar-refractivity contribution in [2.24, 2.45) is 5.41 Å². The van der Waals surface area contributed by atoms with Crippen LogP contribution < -0.4 is 0 Å². The van der Waals surface area contributed by atoms with Gasteiger partial charge in [0.05, 0.1) is 7.11 Å². The number of ether oxygens (including phenoxy) is 1. The number of carbonyl (C=O) groups excluding carboxylic acids is 1. The van der Waals surface area contributed by atoms with Crippen molar-refractivity contribution < 1.29 is 30.6 Å². The van der Waals surface area contributed by atoms with E-state index in [0.717, 1.165) is 0 Å². The third kappa shape index (κ3) is 2.03. The van der Waals surface area contributed by atoms with E-state index in [2.05, 4.69) is 11.7 Å². The summed E-state index contributed by atoms with van der Waals surface area (Å²) >= 11 is 0. The van der Waals surface area contributed by atoms with Crippen LogP contribution in [0.3, 0.4) is 0 Å². The molecule has 0 N–H and O–H groups in total. The van der Waals surface area contributed by atoms with Crippen molar-refractivity contribution in [3.63, 3.8) is 0 Å². The van der Waals surface area contributed by atoms with Gasteiger partial charge in [-0.05, 0) is 5.41 Å². The summed E-state index contributed by atoms with van der Waals surface area (Å²) in [5.74, 6) is -0.322. The van der Waals surface area contributed by atoms with Gasteiger partial charge in [0.2, 0.25) is 0 Å². The van der Waals surface area contributed by atoms with Crippen molar-refractivity contribution in [3.8, 4) is 0 Å². The molecule has 0 amide bonds. The molecule has 11 heavy (non-hydrogen) atoms. The number of hydrogen-bond acceptors (Lipinski definition) is 2. The summed E-state index contributed by atoms with van der Waals surface area (Å²) in [5.41, 5.74) is -0.769. The van der Waals surface area contributed by atoms with E-state index in [9.17, 15) is 4.79 Å². The van der Waals surface area contributed by atoms with Gasteiger partial charge >= 0.3 is 21.1 Å². The molecule has 0 aromatic rings. The van der Waals surface area contributed by atoms with Gasteiger partial charge in [0.25, 0.3) is 5.97 Å². The predicted molar refractivity (Wildman–Crippen MR) is 38.1 cm³/mol. The fraction of sp³-hybridized carbons (Fsp3) is 0.250. The van der Waals surface area contributed by atoms with E-state index < -0.39 is 5.41 Å². The predicted octanol–water partition coefficient (Wildman–Crippen LogP) is 1.10. The number of esters is 1. The van der Waals surface area contributed by atoms with Crippen LogP contribution in [0.1, 0.15) is 0 Å². The van der Waals surface area contributed by atoms with Crippen molar-refractivity contribution in [3.05, 3.63) is 31.2 Å². The van der Waals surface area contributed by atoms with Gasteiger partial charge in [-0.2, -0.15) is 0 Å². The Balaban J connectivity index is 0.000001000. The van der Waals surface area contributed by atoms with E-state index in [0.29, 0.717) is 0 Å². The number of methoxy groups -OCH3 is 1. The summed E-state index contributed by atoms with van der Waals surface area (Å²) < 4.78 is 4.53.